The second-order valence-electron chi connectivity index (χ2n) is 4.18. The van der Waals surface area contributed by atoms with Crippen LogP contribution in [0.5, 0.6) is 11.6 Å². The highest BCUT2D eigenvalue weighted by Crippen LogP contribution is 2.28. The third-order valence-corrected chi connectivity index (χ3v) is 2.95. The van der Waals surface area contributed by atoms with Crippen LogP contribution in [-0.2, 0) is 0 Å². The second kappa shape index (κ2) is 6.86. The molecule has 0 spiro atoms. The van der Waals surface area contributed by atoms with E-state index in [1.54, 1.807) is 19.5 Å². The Labute approximate surface area is 119 Å². The van der Waals surface area contributed by atoms with Crippen LogP contribution in [0.1, 0.15) is 24.2 Å². The minimum absolute atomic E-state index is 0.0981. The third-order valence-electron chi connectivity index (χ3n) is 2.95. The fourth-order valence-corrected chi connectivity index (χ4v) is 2.10. The summed E-state index contributed by atoms with van der Waals surface area (Å²) in [5.41, 5.74) is 1.81. The van der Waals surface area contributed by atoms with Crippen LogP contribution < -0.4 is 14.8 Å². The molecule has 0 saturated heterocycles. The molecule has 5 heteroatoms. The molecule has 0 aliphatic rings. The number of nitrogens with one attached hydrogen (secondary N) is 1. The summed E-state index contributed by atoms with van der Waals surface area (Å²) >= 11 is 0. The Kier molecular flexibility index (Phi) is 4.90. The van der Waals surface area contributed by atoms with Gasteiger partial charge in [-0.3, -0.25) is 4.98 Å². The van der Waals surface area contributed by atoms with Crippen molar-refractivity contribution in [3.8, 4) is 11.6 Å². The van der Waals surface area contributed by atoms with Crippen LogP contribution in [0.25, 0.3) is 0 Å². The molecule has 1 heterocycles. The van der Waals surface area contributed by atoms with Gasteiger partial charge in [0.05, 0.1) is 19.8 Å². The van der Waals surface area contributed by atoms with E-state index in [9.17, 15) is 0 Å². The Morgan fingerprint density at radius 1 is 1.25 bits per heavy atom. The van der Waals surface area contributed by atoms with Crippen molar-refractivity contribution in [3.63, 3.8) is 0 Å². The third kappa shape index (κ3) is 3.05. The van der Waals surface area contributed by atoms with E-state index in [0.717, 1.165) is 17.0 Å². The van der Waals surface area contributed by atoms with Gasteiger partial charge in [0.15, 0.2) is 0 Å². The summed E-state index contributed by atoms with van der Waals surface area (Å²) in [7, 11) is 3.48. The summed E-state index contributed by atoms with van der Waals surface area (Å²) in [5, 5.41) is 3.24. The predicted octanol–water partition coefficient (Wildman–Crippen LogP) is 2.19. The van der Waals surface area contributed by atoms with Crippen molar-refractivity contribution in [2.75, 3.05) is 20.8 Å². The second-order valence-corrected chi connectivity index (χ2v) is 4.18. The summed E-state index contributed by atoms with van der Waals surface area (Å²) in [6, 6.07) is 7.83. The molecule has 1 aromatic carbocycles. The maximum Gasteiger partial charge on any atom is 0.237 e. The summed E-state index contributed by atoms with van der Waals surface area (Å²) in [6.45, 7) is 2.61. The number of hydrogen-bond acceptors (Lipinski definition) is 5. The van der Waals surface area contributed by atoms with Crippen molar-refractivity contribution >= 4 is 0 Å². The smallest absolute Gasteiger partial charge is 0.237 e. The average Bonchev–Trinajstić information content (AvgIpc) is 2.49. The number of aromatic nitrogens is 2. The Morgan fingerprint density at radius 3 is 2.75 bits per heavy atom. The predicted molar refractivity (Wildman–Crippen MR) is 77.1 cm³/mol. The molecule has 5 nitrogen and oxygen atoms in total. The first-order valence-electron chi connectivity index (χ1n) is 6.55. The number of ether oxygens (including phenoxy) is 2. The molecule has 0 fully saturated rings. The molecule has 106 valence electrons. The molecule has 0 aliphatic heterocycles. The highest BCUT2D eigenvalue weighted by Gasteiger charge is 2.19. The first kappa shape index (κ1) is 14.3. The van der Waals surface area contributed by atoms with Gasteiger partial charge in [-0.2, -0.15) is 0 Å². The van der Waals surface area contributed by atoms with E-state index in [1.807, 2.05) is 38.2 Å². The number of benzene rings is 1. The Balaban J connectivity index is 2.39. The molecule has 1 unspecified atom stereocenters. The molecule has 1 N–H and O–H groups in total. The normalized spacial score (nSPS) is 11.9. The van der Waals surface area contributed by atoms with Gasteiger partial charge in [0.1, 0.15) is 11.4 Å². The molecule has 0 bridgehead atoms. The largest absolute Gasteiger partial charge is 0.494 e. The lowest BCUT2D eigenvalue weighted by Crippen LogP contribution is -2.20. The van der Waals surface area contributed by atoms with Gasteiger partial charge < -0.3 is 14.8 Å². The first-order chi connectivity index (χ1) is 9.80. The molecule has 2 aromatic rings. The van der Waals surface area contributed by atoms with E-state index < -0.39 is 0 Å². The summed E-state index contributed by atoms with van der Waals surface area (Å²) in [6.07, 6.45) is 3.28. The minimum Gasteiger partial charge on any atom is -0.494 e. The van der Waals surface area contributed by atoms with Crippen molar-refractivity contribution in [2.24, 2.45) is 0 Å². The van der Waals surface area contributed by atoms with Gasteiger partial charge in [-0.05, 0) is 31.7 Å². The van der Waals surface area contributed by atoms with E-state index in [1.165, 1.54) is 0 Å². The number of rotatable bonds is 6. The topological polar surface area (TPSA) is 56.3 Å². The van der Waals surface area contributed by atoms with Crippen LogP contribution in [0.4, 0.5) is 0 Å². The number of hydrogen-bond donors (Lipinski definition) is 1. The fourth-order valence-electron chi connectivity index (χ4n) is 2.10. The molecule has 0 amide bonds. The highest BCUT2D eigenvalue weighted by atomic mass is 16.5. The lowest BCUT2D eigenvalue weighted by Gasteiger charge is -2.18. The van der Waals surface area contributed by atoms with Crippen LogP contribution >= 0.6 is 0 Å². The summed E-state index contributed by atoms with van der Waals surface area (Å²) in [4.78, 5) is 8.58. The van der Waals surface area contributed by atoms with Crippen LogP contribution in [-0.4, -0.2) is 30.7 Å². The lowest BCUT2D eigenvalue weighted by atomic mass is 10.0. The van der Waals surface area contributed by atoms with Crippen molar-refractivity contribution in [2.45, 2.75) is 13.0 Å². The molecule has 2 rings (SSSR count). The molecule has 0 aliphatic carbocycles. The molecular formula is C15H19N3O2. The quantitative estimate of drug-likeness (QED) is 0.874. The van der Waals surface area contributed by atoms with Gasteiger partial charge in [0, 0.05) is 12.4 Å². The average molecular weight is 273 g/mol. The molecular weight excluding hydrogens is 254 g/mol. The van der Waals surface area contributed by atoms with E-state index in [0.29, 0.717) is 12.5 Å². The van der Waals surface area contributed by atoms with E-state index in [-0.39, 0.29) is 6.04 Å². The first-order valence-corrected chi connectivity index (χ1v) is 6.55. The van der Waals surface area contributed by atoms with E-state index in [2.05, 4.69) is 15.3 Å². The standard InChI is InChI=1S/C15H19N3O2/c1-4-20-12-7-5-6-11(10-12)13(16-2)14-15(19-3)18-9-8-17-14/h5-10,13,16H,4H2,1-3H3. The SMILES string of the molecule is CCOc1cccc(C(NC)c2nccnc2OC)c1. The monoisotopic (exact) mass is 273 g/mol. The van der Waals surface area contributed by atoms with Gasteiger partial charge in [-0.25, -0.2) is 4.98 Å². The van der Waals surface area contributed by atoms with Gasteiger partial charge in [0.2, 0.25) is 5.88 Å². The Hall–Kier alpha value is -2.14. The van der Waals surface area contributed by atoms with Crippen LogP contribution in [0.15, 0.2) is 36.7 Å². The van der Waals surface area contributed by atoms with Gasteiger partial charge >= 0.3 is 0 Å². The molecule has 0 saturated carbocycles. The molecule has 20 heavy (non-hydrogen) atoms. The zero-order valence-electron chi connectivity index (χ0n) is 12.0. The zero-order chi connectivity index (χ0) is 14.4. The maximum absolute atomic E-state index is 5.54. The van der Waals surface area contributed by atoms with Crippen molar-refractivity contribution in [3.05, 3.63) is 47.9 Å². The van der Waals surface area contributed by atoms with Crippen LogP contribution in [0.3, 0.4) is 0 Å². The van der Waals surface area contributed by atoms with Gasteiger partial charge in [-0.15, -0.1) is 0 Å². The number of nitrogens with zero attached hydrogens (tertiary/aromatic N) is 2. The van der Waals surface area contributed by atoms with Crippen molar-refractivity contribution in [1.29, 1.82) is 0 Å². The fraction of sp³-hybridized carbons (Fsp3) is 0.333. The lowest BCUT2D eigenvalue weighted by molar-refractivity contribution is 0.339. The Bertz CT molecular complexity index is 560. The van der Waals surface area contributed by atoms with Crippen LogP contribution in [0.2, 0.25) is 0 Å². The highest BCUT2D eigenvalue weighted by molar-refractivity contribution is 5.37. The molecule has 1 atom stereocenters. The van der Waals surface area contributed by atoms with Crippen LogP contribution in [0, 0.1) is 0 Å². The van der Waals surface area contributed by atoms with Gasteiger partial charge in [0.25, 0.3) is 0 Å². The van der Waals surface area contributed by atoms with Crippen molar-refractivity contribution in [1.82, 2.24) is 15.3 Å². The maximum atomic E-state index is 5.54. The van der Waals surface area contributed by atoms with E-state index in [4.69, 9.17) is 9.47 Å². The number of methoxy groups -OCH3 is 1. The molecule has 1 aromatic heterocycles. The zero-order valence-corrected chi connectivity index (χ0v) is 12.0. The van der Waals surface area contributed by atoms with Crippen molar-refractivity contribution < 1.29 is 9.47 Å². The van der Waals surface area contributed by atoms with E-state index >= 15 is 0 Å². The van der Waals surface area contributed by atoms with Gasteiger partial charge in [-0.1, -0.05) is 12.1 Å². The molecule has 0 radical (unpaired) electrons. The summed E-state index contributed by atoms with van der Waals surface area (Å²) in [5.74, 6) is 1.36. The summed E-state index contributed by atoms with van der Waals surface area (Å²) < 4.78 is 10.8. The Morgan fingerprint density at radius 2 is 2.05 bits per heavy atom. The minimum atomic E-state index is -0.0981.